The Kier molecular flexibility index (Phi) is 4.12. The lowest BCUT2D eigenvalue weighted by Crippen LogP contribution is -2.26. The maximum Gasteiger partial charge on any atom is 0.256 e. The summed E-state index contributed by atoms with van der Waals surface area (Å²) in [7, 11) is 1.77. The second kappa shape index (κ2) is 5.63. The molecule has 19 heavy (non-hydrogen) atoms. The lowest BCUT2D eigenvalue weighted by atomic mass is 10.1. The predicted molar refractivity (Wildman–Crippen MR) is 80.7 cm³/mol. The van der Waals surface area contributed by atoms with Gasteiger partial charge < -0.3 is 10.6 Å². The molecule has 0 fully saturated rings. The van der Waals surface area contributed by atoms with Crippen LogP contribution in [-0.4, -0.2) is 17.9 Å². The Labute approximate surface area is 121 Å². The first kappa shape index (κ1) is 13.9. The van der Waals surface area contributed by atoms with Crippen LogP contribution in [0.2, 0.25) is 5.02 Å². The highest BCUT2D eigenvalue weighted by atomic mass is 35.5. The lowest BCUT2D eigenvalue weighted by Gasteiger charge is -2.18. The molecule has 2 N–H and O–H groups in total. The van der Waals surface area contributed by atoms with Gasteiger partial charge in [-0.3, -0.25) is 4.79 Å². The van der Waals surface area contributed by atoms with Crippen molar-refractivity contribution in [3.05, 3.63) is 50.7 Å². The van der Waals surface area contributed by atoms with Crippen LogP contribution in [0.4, 0.5) is 5.69 Å². The number of amides is 1. The maximum atomic E-state index is 12.3. The van der Waals surface area contributed by atoms with E-state index in [2.05, 4.69) is 6.07 Å². The van der Waals surface area contributed by atoms with Crippen molar-refractivity contribution in [2.45, 2.75) is 13.5 Å². The molecule has 2 aromatic rings. The molecule has 0 aliphatic rings. The number of benzene rings is 1. The van der Waals surface area contributed by atoms with Crippen molar-refractivity contribution in [3.63, 3.8) is 0 Å². The van der Waals surface area contributed by atoms with Crippen LogP contribution >= 0.6 is 22.9 Å². The molecule has 2 rings (SSSR count). The van der Waals surface area contributed by atoms with Crippen molar-refractivity contribution in [1.82, 2.24) is 4.90 Å². The monoisotopic (exact) mass is 294 g/mol. The highest BCUT2D eigenvalue weighted by Crippen LogP contribution is 2.22. The molecule has 0 unspecified atom stereocenters. The number of thiophene rings is 1. The van der Waals surface area contributed by atoms with Crippen LogP contribution in [0.25, 0.3) is 0 Å². The molecule has 5 heteroatoms. The smallest absolute Gasteiger partial charge is 0.256 e. The zero-order chi connectivity index (χ0) is 14.0. The second-order valence-electron chi connectivity index (χ2n) is 4.42. The Bertz CT molecular complexity index is 609. The van der Waals surface area contributed by atoms with Crippen LogP contribution in [0.3, 0.4) is 0 Å². The molecule has 0 spiro atoms. The molecule has 3 nitrogen and oxygen atoms in total. The molecular formula is C14H15ClN2OS. The molecule has 0 saturated carbocycles. The van der Waals surface area contributed by atoms with E-state index < -0.39 is 0 Å². The van der Waals surface area contributed by atoms with Crippen LogP contribution in [0.15, 0.2) is 29.6 Å². The standard InChI is InChI=1S/C14H15ClN2OS/c1-9-5-6-19-13(9)8-17(2)14(18)11-4-3-10(15)7-12(11)16/h3-7H,8,16H2,1-2H3. The lowest BCUT2D eigenvalue weighted by molar-refractivity contribution is 0.0787. The molecule has 0 bridgehead atoms. The van der Waals surface area contributed by atoms with Crippen molar-refractivity contribution in [3.8, 4) is 0 Å². The number of nitrogens with two attached hydrogens (primary N) is 1. The quantitative estimate of drug-likeness (QED) is 0.880. The fourth-order valence-corrected chi connectivity index (χ4v) is 2.93. The van der Waals surface area contributed by atoms with Gasteiger partial charge >= 0.3 is 0 Å². The van der Waals surface area contributed by atoms with Gasteiger partial charge in [0.05, 0.1) is 12.1 Å². The van der Waals surface area contributed by atoms with E-state index in [9.17, 15) is 4.79 Å². The number of anilines is 1. The highest BCUT2D eigenvalue weighted by molar-refractivity contribution is 7.10. The van der Waals surface area contributed by atoms with Crippen LogP contribution in [0.1, 0.15) is 20.8 Å². The van der Waals surface area contributed by atoms with E-state index in [0.717, 1.165) is 0 Å². The van der Waals surface area contributed by atoms with E-state index in [1.54, 1.807) is 41.5 Å². The number of nitrogen functional groups attached to an aromatic ring is 1. The summed E-state index contributed by atoms with van der Waals surface area (Å²) in [5, 5.41) is 2.56. The second-order valence-corrected chi connectivity index (χ2v) is 5.86. The molecule has 0 aliphatic heterocycles. The molecule has 0 radical (unpaired) electrons. The Morgan fingerprint density at radius 2 is 2.16 bits per heavy atom. The van der Waals surface area contributed by atoms with Gasteiger partial charge in [-0.1, -0.05) is 11.6 Å². The molecule has 1 amide bonds. The Balaban J connectivity index is 2.17. The van der Waals surface area contributed by atoms with Gasteiger partial charge in [0.2, 0.25) is 0 Å². The zero-order valence-corrected chi connectivity index (χ0v) is 12.4. The Morgan fingerprint density at radius 1 is 1.42 bits per heavy atom. The summed E-state index contributed by atoms with van der Waals surface area (Å²) in [6.45, 7) is 2.63. The topological polar surface area (TPSA) is 46.3 Å². The third-order valence-corrected chi connectivity index (χ3v) is 4.18. The zero-order valence-electron chi connectivity index (χ0n) is 10.8. The van der Waals surface area contributed by atoms with Gasteiger partial charge in [0.1, 0.15) is 0 Å². The molecule has 100 valence electrons. The summed E-state index contributed by atoms with van der Waals surface area (Å²) in [6.07, 6.45) is 0. The molecule has 1 aromatic carbocycles. The van der Waals surface area contributed by atoms with E-state index in [4.69, 9.17) is 17.3 Å². The summed E-state index contributed by atoms with van der Waals surface area (Å²) in [5.74, 6) is -0.0954. The average molecular weight is 295 g/mol. The van der Waals surface area contributed by atoms with Crippen molar-refractivity contribution in [2.24, 2.45) is 0 Å². The first-order valence-electron chi connectivity index (χ1n) is 5.82. The molecule has 0 atom stereocenters. The number of carbonyl (C=O) groups is 1. The summed E-state index contributed by atoms with van der Waals surface area (Å²) in [4.78, 5) is 15.2. The maximum absolute atomic E-state index is 12.3. The largest absolute Gasteiger partial charge is 0.398 e. The van der Waals surface area contributed by atoms with Gasteiger partial charge in [0, 0.05) is 22.6 Å². The SMILES string of the molecule is Cc1ccsc1CN(C)C(=O)c1ccc(Cl)cc1N. The van der Waals surface area contributed by atoms with Gasteiger partial charge in [-0.05, 0) is 42.1 Å². The van der Waals surface area contributed by atoms with Gasteiger partial charge in [-0.15, -0.1) is 11.3 Å². The van der Waals surface area contributed by atoms with E-state index in [-0.39, 0.29) is 5.91 Å². The van der Waals surface area contributed by atoms with Crippen molar-refractivity contribution in [1.29, 1.82) is 0 Å². The van der Waals surface area contributed by atoms with Crippen LogP contribution in [0.5, 0.6) is 0 Å². The van der Waals surface area contributed by atoms with Crippen LogP contribution < -0.4 is 5.73 Å². The fourth-order valence-electron chi connectivity index (χ4n) is 1.79. The number of hydrogen-bond donors (Lipinski definition) is 1. The number of rotatable bonds is 3. The van der Waals surface area contributed by atoms with Crippen molar-refractivity contribution >= 4 is 34.5 Å². The van der Waals surface area contributed by atoms with Gasteiger partial charge in [0.25, 0.3) is 5.91 Å². The summed E-state index contributed by atoms with van der Waals surface area (Å²) in [6, 6.07) is 6.99. The minimum atomic E-state index is -0.0954. The molecule has 0 aliphatic carbocycles. The van der Waals surface area contributed by atoms with Crippen molar-refractivity contribution in [2.75, 3.05) is 12.8 Å². The molecule has 1 aromatic heterocycles. The summed E-state index contributed by atoms with van der Waals surface area (Å²) < 4.78 is 0. The van der Waals surface area contributed by atoms with E-state index in [0.29, 0.717) is 22.8 Å². The third kappa shape index (κ3) is 3.08. The minimum Gasteiger partial charge on any atom is -0.398 e. The van der Waals surface area contributed by atoms with Crippen LogP contribution in [0, 0.1) is 6.92 Å². The third-order valence-electron chi connectivity index (χ3n) is 2.94. The molecular weight excluding hydrogens is 280 g/mol. The average Bonchev–Trinajstić information content (AvgIpc) is 2.74. The molecule has 0 saturated heterocycles. The summed E-state index contributed by atoms with van der Waals surface area (Å²) >= 11 is 7.48. The van der Waals surface area contributed by atoms with Gasteiger partial charge in [-0.25, -0.2) is 0 Å². The fraction of sp³-hybridized carbons (Fsp3) is 0.214. The number of hydrogen-bond acceptors (Lipinski definition) is 3. The first-order valence-corrected chi connectivity index (χ1v) is 7.08. The van der Waals surface area contributed by atoms with Crippen molar-refractivity contribution < 1.29 is 4.79 Å². The first-order chi connectivity index (χ1) is 8.99. The van der Waals surface area contributed by atoms with Crippen LogP contribution in [-0.2, 0) is 6.54 Å². The normalized spacial score (nSPS) is 10.5. The minimum absolute atomic E-state index is 0.0954. The van der Waals surface area contributed by atoms with E-state index >= 15 is 0 Å². The van der Waals surface area contributed by atoms with E-state index in [1.807, 2.05) is 12.3 Å². The number of halogens is 1. The summed E-state index contributed by atoms with van der Waals surface area (Å²) in [5.41, 5.74) is 7.93. The van der Waals surface area contributed by atoms with Gasteiger partial charge in [-0.2, -0.15) is 0 Å². The number of carbonyl (C=O) groups excluding carboxylic acids is 1. The Morgan fingerprint density at radius 3 is 2.74 bits per heavy atom. The van der Waals surface area contributed by atoms with E-state index in [1.165, 1.54) is 10.4 Å². The predicted octanol–water partition coefficient (Wildman–Crippen LogP) is 3.56. The van der Waals surface area contributed by atoms with Gasteiger partial charge in [0.15, 0.2) is 0 Å². The number of nitrogens with zero attached hydrogens (tertiary/aromatic N) is 1. The number of aryl methyl sites for hydroxylation is 1. The Hall–Kier alpha value is -1.52. The molecule has 1 heterocycles. The highest BCUT2D eigenvalue weighted by Gasteiger charge is 2.16.